The molecular weight excluding hydrogens is 238 g/mol. The molecule has 0 aliphatic carbocycles. The van der Waals surface area contributed by atoms with E-state index in [1.54, 1.807) is 6.20 Å². The minimum Gasteiger partial charge on any atom is -0.357 e. The average Bonchev–Trinajstić information content (AvgIpc) is 2.81. The quantitative estimate of drug-likeness (QED) is 0.846. The number of aromatic nitrogens is 1. The molecule has 1 fully saturated rings. The Morgan fingerprint density at radius 1 is 1.65 bits per heavy atom. The number of hydrogen-bond acceptors (Lipinski definition) is 2. The van der Waals surface area contributed by atoms with Gasteiger partial charge in [-0.3, -0.25) is 4.79 Å². The second-order valence-electron chi connectivity index (χ2n) is 4.50. The Balaban J connectivity index is 0.00000144. The van der Waals surface area contributed by atoms with E-state index in [-0.39, 0.29) is 24.4 Å². The molecule has 3 N–H and O–H groups in total. The van der Waals surface area contributed by atoms with Crippen LogP contribution in [-0.4, -0.2) is 34.9 Å². The summed E-state index contributed by atoms with van der Waals surface area (Å²) in [4.78, 5) is 17.1. The molecule has 2 heterocycles. The molecule has 1 amide bonds. The van der Waals surface area contributed by atoms with Crippen molar-refractivity contribution in [3.05, 3.63) is 24.0 Å². The SMILES string of the molecule is CC1CCCN(C(=O)c2ccc[nH]2)C1CN.Cl. The number of amides is 1. The van der Waals surface area contributed by atoms with Gasteiger partial charge in [-0.15, -0.1) is 12.4 Å². The summed E-state index contributed by atoms with van der Waals surface area (Å²) in [5, 5.41) is 0. The maximum atomic E-state index is 12.2. The first-order valence-corrected chi connectivity index (χ1v) is 5.88. The zero-order valence-electron chi connectivity index (χ0n) is 10.1. The molecule has 4 nitrogen and oxygen atoms in total. The third kappa shape index (κ3) is 2.82. The van der Waals surface area contributed by atoms with Crippen LogP contribution in [0.5, 0.6) is 0 Å². The van der Waals surface area contributed by atoms with E-state index in [1.165, 1.54) is 0 Å². The summed E-state index contributed by atoms with van der Waals surface area (Å²) in [6.07, 6.45) is 4.01. The summed E-state index contributed by atoms with van der Waals surface area (Å²) in [5.41, 5.74) is 6.43. The van der Waals surface area contributed by atoms with Gasteiger partial charge in [0.05, 0.1) is 0 Å². The fraction of sp³-hybridized carbons (Fsp3) is 0.583. The van der Waals surface area contributed by atoms with Crippen molar-refractivity contribution in [2.45, 2.75) is 25.8 Å². The largest absolute Gasteiger partial charge is 0.357 e. The van der Waals surface area contributed by atoms with Crippen LogP contribution in [0.1, 0.15) is 30.3 Å². The highest BCUT2D eigenvalue weighted by Gasteiger charge is 2.31. The molecule has 5 heteroatoms. The Labute approximate surface area is 108 Å². The van der Waals surface area contributed by atoms with E-state index in [9.17, 15) is 4.79 Å². The number of likely N-dealkylation sites (tertiary alicyclic amines) is 1. The molecule has 0 spiro atoms. The molecular formula is C12H20ClN3O. The number of aromatic amines is 1. The van der Waals surface area contributed by atoms with Crippen molar-refractivity contribution in [2.75, 3.05) is 13.1 Å². The first-order chi connectivity index (χ1) is 7.74. The van der Waals surface area contributed by atoms with E-state index in [4.69, 9.17) is 5.73 Å². The van der Waals surface area contributed by atoms with Crippen LogP contribution in [0.2, 0.25) is 0 Å². The lowest BCUT2D eigenvalue weighted by molar-refractivity contribution is 0.0527. The lowest BCUT2D eigenvalue weighted by atomic mass is 9.90. The zero-order chi connectivity index (χ0) is 11.5. The van der Waals surface area contributed by atoms with Crippen LogP contribution in [-0.2, 0) is 0 Å². The van der Waals surface area contributed by atoms with Crippen LogP contribution in [0.15, 0.2) is 18.3 Å². The molecule has 0 radical (unpaired) electrons. The van der Waals surface area contributed by atoms with Crippen molar-refractivity contribution in [1.82, 2.24) is 9.88 Å². The van der Waals surface area contributed by atoms with Crippen LogP contribution in [0.3, 0.4) is 0 Å². The summed E-state index contributed by atoms with van der Waals surface area (Å²) in [6, 6.07) is 3.84. The molecule has 1 saturated heterocycles. The Morgan fingerprint density at radius 2 is 2.41 bits per heavy atom. The number of hydrogen-bond donors (Lipinski definition) is 2. The summed E-state index contributed by atoms with van der Waals surface area (Å²) in [7, 11) is 0. The van der Waals surface area contributed by atoms with E-state index in [2.05, 4.69) is 11.9 Å². The molecule has 2 unspecified atom stereocenters. The molecule has 0 saturated carbocycles. The fourth-order valence-corrected chi connectivity index (χ4v) is 2.48. The van der Waals surface area contributed by atoms with Gasteiger partial charge in [0, 0.05) is 25.3 Å². The van der Waals surface area contributed by atoms with Crippen molar-refractivity contribution in [3.63, 3.8) is 0 Å². The van der Waals surface area contributed by atoms with Crippen LogP contribution in [0.25, 0.3) is 0 Å². The van der Waals surface area contributed by atoms with Gasteiger partial charge in [0.15, 0.2) is 0 Å². The van der Waals surface area contributed by atoms with Gasteiger partial charge in [-0.1, -0.05) is 6.92 Å². The molecule has 1 aromatic rings. The predicted molar refractivity (Wildman–Crippen MR) is 70.3 cm³/mol. The van der Waals surface area contributed by atoms with Crippen molar-refractivity contribution in [2.24, 2.45) is 11.7 Å². The number of nitrogens with zero attached hydrogens (tertiary/aromatic N) is 1. The van der Waals surface area contributed by atoms with Gasteiger partial charge in [0.25, 0.3) is 5.91 Å². The van der Waals surface area contributed by atoms with Gasteiger partial charge < -0.3 is 15.6 Å². The van der Waals surface area contributed by atoms with Crippen LogP contribution in [0, 0.1) is 5.92 Å². The topological polar surface area (TPSA) is 62.1 Å². The number of H-pyrrole nitrogens is 1. The first-order valence-electron chi connectivity index (χ1n) is 5.88. The lowest BCUT2D eigenvalue weighted by Crippen LogP contribution is -2.51. The smallest absolute Gasteiger partial charge is 0.270 e. The molecule has 1 aromatic heterocycles. The van der Waals surface area contributed by atoms with Crippen molar-refractivity contribution in [1.29, 1.82) is 0 Å². The normalized spacial score (nSPS) is 24.2. The van der Waals surface area contributed by atoms with Crippen LogP contribution < -0.4 is 5.73 Å². The number of nitrogens with one attached hydrogen (secondary N) is 1. The molecule has 0 aromatic carbocycles. The molecule has 1 aliphatic rings. The van der Waals surface area contributed by atoms with Crippen molar-refractivity contribution < 1.29 is 4.79 Å². The Hall–Kier alpha value is -1.00. The van der Waals surface area contributed by atoms with E-state index >= 15 is 0 Å². The van der Waals surface area contributed by atoms with Crippen molar-refractivity contribution in [3.8, 4) is 0 Å². The van der Waals surface area contributed by atoms with E-state index in [1.807, 2.05) is 17.0 Å². The predicted octanol–water partition coefficient (Wildman–Crippen LogP) is 1.64. The van der Waals surface area contributed by atoms with Gasteiger partial charge in [-0.25, -0.2) is 0 Å². The van der Waals surface area contributed by atoms with Gasteiger partial charge >= 0.3 is 0 Å². The highest BCUT2D eigenvalue weighted by molar-refractivity contribution is 5.92. The summed E-state index contributed by atoms with van der Waals surface area (Å²) in [6.45, 7) is 3.54. The highest BCUT2D eigenvalue weighted by Crippen LogP contribution is 2.23. The van der Waals surface area contributed by atoms with Crippen LogP contribution in [0.4, 0.5) is 0 Å². The van der Waals surface area contributed by atoms with Gasteiger partial charge in [-0.2, -0.15) is 0 Å². The minimum atomic E-state index is 0. The Bertz CT molecular complexity index is 353. The number of piperidine rings is 1. The lowest BCUT2D eigenvalue weighted by Gasteiger charge is -2.39. The van der Waals surface area contributed by atoms with E-state index in [0.29, 0.717) is 18.2 Å². The second-order valence-corrected chi connectivity index (χ2v) is 4.50. The maximum Gasteiger partial charge on any atom is 0.270 e. The fourth-order valence-electron chi connectivity index (χ4n) is 2.48. The van der Waals surface area contributed by atoms with Crippen molar-refractivity contribution >= 4 is 18.3 Å². The molecule has 96 valence electrons. The second kappa shape index (κ2) is 6.07. The molecule has 0 bridgehead atoms. The van der Waals surface area contributed by atoms with E-state index in [0.717, 1.165) is 19.4 Å². The maximum absolute atomic E-state index is 12.2. The number of carbonyl (C=O) groups is 1. The first kappa shape index (κ1) is 14.1. The minimum absolute atomic E-state index is 0. The standard InChI is InChI=1S/C12H19N3O.ClH/c1-9-4-3-7-15(11(9)8-13)12(16)10-5-2-6-14-10;/h2,5-6,9,11,14H,3-4,7-8,13H2,1H3;1H. The number of halogens is 1. The summed E-state index contributed by atoms with van der Waals surface area (Å²) in [5.74, 6) is 0.574. The molecule has 1 aliphatic heterocycles. The van der Waals surface area contributed by atoms with Gasteiger partial charge in [0.2, 0.25) is 0 Å². The molecule has 2 atom stereocenters. The summed E-state index contributed by atoms with van der Waals surface area (Å²) < 4.78 is 0. The Kier molecular flexibility index (Phi) is 5.02. The monoisotopic (exact) mass is 257 g/mol. The molecule has 17 heavy (non-hydrogen) atoms. The number of nitrogens with two attached hydrogens (primary N) is 1. The number of rotatable bonds is 2. The van der Waals surface area contributed by atoms with Gasteiger partial charge in [0.1, 0.15) is 5.69 Å². The zero-order valence-corrected chi connectivity index (χ0v) is 10.9. The Morgan fingerprint density at radius 3 is 3.00 bits per heavy atom. The molecule has 2 rings (SSSR count). The number of carbonyl (C=O) groups excluding carboxylic acids is 1. The van der Waals surface area contributed by atoms with Crippen LogP contribution >= 0.6 is 12.4 Å². The summed E-state index contributed by atoms with van der Waals surface area (Å²) >= 11 is 0. The third-order valence-electron chi connectivity index (χ3n) is 3.45. The van der Waals surface area contributed by atoms with Gasteiger partial charge in [-0.05, 0) is 30.9 Å². The third-order valence-corrected chi connectivity index (χ3v) is 3.45. The average molecular weight is 258 g/mol. The highest BCUT2D eigenvalue weighted by atomic mass is 35.5. The van der Waals surface area contributed by atoms with E-state index < -0.39 is 0 Å².